The van der Waals surface area contributed by atoms with E-state index in [9.17, 15) is 4.79 Å². The fourth-order valence-corrected chi connectivity index (χ4v) is 3.88. The fourth-order valence-electron chi connectivity index (χ4n) is 3.56. The van der Waals surface area contributed by atoms with Gasteiger partial charge >= 0.3 is 0 Å². The maximum absolute atomic E-state index is 12.7. The number of H-pyrrole nitrogens is 1. The minimum Gasteiger partial charge on any atom is -0.379 e. The zero-order chi connectivity index (χ0) is 21.6. The van der Waals surface area contributed by atoms with E-state index in [1.54, 1.807) is 16.7 Å². The highest BCUT2D eigenvalue weighted by Crippen LogP contribution is 2.20. The zero-order valence-electron chi connectivity index (χ0n) is 17.0. The van der Waals surface area contributed by atoms with Crippen molar-refractivity contribution < 1.29 is 9.53 Å². The number of hydrogen-bond acceptors (Lipinski definition) is 5. The number of halogens is 1. The molecule has 2 aromatic carbocycles. The average molecular weight is 458 g/mol. The monoisotopic (exact) mass is 457 g/mol. The molecule has 1 saturated heterocycles. The van der Waals surface area contributed by atoms with Gasteiger partial charge in [0.2, 0.25) is 5.91 Å². The molecule has 2 N–H and O–H groups in total. The molecular weight excluding hydrogens is 434 g/mol. The summed E-state index contributed by atoms with van der Waals surface area (Å²) < 4.78 is 7.51. The van der Waals surface area contributed by atoms with Gasteiger partial charge in [-0.15, -0.1) is 0 Å². The minimum atomic E-state index is -0.131. The van der Waals surface area contributed by atoms with Crippen LogP contribution in [0.15, 0.2) is 48.5 Å². The van der Waals surface area contributed by atoms with Gasteiger partial charge in [0.25, 0.3) is 0 Å². The maximum Gasteiger partial charge on any atom is 0.240 e. The Labute approximate surface area is 191 Å². The summed E-state index contributed by atoms with van der Waals surface area (Å²) in [6.07, 6.45) is 0. The molecule has 2 heterocycles. The van der Waals surface area contributed by atoms with Gasteiger partial charge in [0.05, 0.1) is 13.2 Å². The molecule has 0 spiro atoms. The number of amides is 1. The maximum atomic E-state index is 12.7. The largest absolute Gasteiger partial charge is 0.379 e. The van der Waals surface area contributed by atoms with Crippen LogP contribution < -0.4 is 5.32 Å². The van der Waals surface area contributed by atoms with E-state index in [1.807, 2.05) is 24.3 Å². The van der Waals surface area contributed by atoms with Crippen LogP contribution in [0.3, 0.4) is 0 Å². The third-order valence-corrected chi connectivity index (χ3v) is 5.82. The number of hydrogen-bond donors (Lipinski definition) is 2. The van der Waals surface area contributed by atoms with Crippen LogP contribution in [0.4, 0.5) is 0 Å². The first-order valence-corrected chi connectivity index (χ1v) is 10.9. The molecule has 1 amide bonds. The van der Waals surface area contributed by atoms with Gasteiger partial charge in [-0.05, 0) is 47.6 Å². The standard InChI is InChI=1S/C22H24ClN5O2S/c23-19-7-5-16(6-8-19)21-25-26-22(31)28(21)15-20(29)24-13-17-3-1-2-4-18(17)14-27-9-11-30-12-10-27/h1-8H,9-15H2,(H,24,29)(H,26,31). The molecule has 4 rings (SSSR count). The van der Waals surface area contributed by atoms with Crippen molar-refractivity contribution in [3.63, 3.8) is 0 Å². The van der Waals surface area contributed by atoms with Gasteiger partial charge < -0.3 is 10.1 Å². The first kappa shape index (κ1) is 21.7. The minimum absolute atomic E-state index is 0.0823. The first-order chi connectivity index (χ1) is 15.1. The summed E-state index contributed by atoms with van der Waals surface area (Å²) in [4.78, 5) is 15.1. The summed E-state index contributed by atoms with van der Waals surface area (Å²) >= 11 is 11.3. The average Bonchev–Trinajstić information content (AvgIpc) is 3.14. The summed E-state index contributed by atoms with van der Waals surface area (Å²) in [6.45, 7) is 4.77. The number of nitrogens with one attached hydrogen (secondary N) is 2. The summed E-state index contributed by atoms with van der Waals surface area (Å²) in [5.41, 5.74) is 3.16. The molecule has 1 aliphatic rings. The molecule has 31 heavy (non-hydrogen) atoms. The number of morpholine rings is 1. The topological polar surface area (TPSA) is 75.2 Å². The quantitative estimate of drug-likeness (QED) is 0.532. The van der Waals surface area contributed by atoms with Crippen molar-refractivity contribution in [1.82, 2.24) is 25.0 Å². The molecule has 0 saturated carbocycles. The highest BCUT2D eigenvalue weighted by Gasteiger charge is 2.15. The van der Waals surface area contributed by atoms with Crippen molar-refractivity contribution in [3.8, 4) is 11.4 Å². The number of carbonyl (C=O) groups is 1. The molecule has 1 fully saturated rings. The van der Waals surface area contributed by atoms with Gasteiger partial charge in [0, 0.05) is 36.8 Å². The van der Waals surface area contributed by atoms with E-state index in [-0.39, 0.29) is 12.5 Å². The summed E-state index contributed by atoms with van der Waals surface area (Å²) in [5.74, 6) is 0.471. The van der Waals surface area contributed by atoms with Crippen molar-refractivity contribution in [2.75, 3.05) is 26.3 Å². The lowest BCUT2D eigenvalue weighted by molar-refractivity contribution is -0.121. The van der Waals surface area contributed by atoms with E-state index < -0.39 is 0 Å². The predicted molar refractivity (Wildman–Crippen MR) is 122 cm³/mol. The number of aromatic amines is 1. The molecule has 0 atom stereocenters. The summed E-state index contributed by atoms with van der Waals surface area (Å²) in [6, 6.07) is 15.5. The lowest BCUT2D eigenvalue weighted by atomic mass is 10.1. The van der Waals surface area contributed by atoms with Crippen LogP contribution in [-0.2, 0) is 29.2 Å². The molecular formula is C22H24ClN5O2S. The second-order valence-electron chi connectivity index (χ2n) is 7.38. The van der Waals surface area contributed by atoms with E-state index in [4.69, 9.17) is 28.6 Å². The van der Waals surface area contributed by atoms with Gasteiger partial charge in [-0.3, -0.25) is 19.4 Å². The van der Waals surface area contributed by atoms with Crippen LogP contribution >= 0.6 is 23.8 Å². The summed E-state index contributed by atoms with van der Waals surface area (Å²) in [7, 11) is 0. The van der Waals surface area contributed by atoms with Crippen LogP contribution in [-0.4, -0.2) is 51.9 Å². The molecule has 7 nitrogen and oxygen atoms in total. The number of ether oxygens (including phenoxy) is 1. The molecule has 0 aliphatic carbocycles. The van der Waals surface area contributed by atoms with E-state index in [0.717, 1.165) is 44.0 Å². The third kappa shape index (κ3) is 5.59. The predicted octanol–water partition coefficient (Wildman–Crippen LogP) is 3.41. The van der Waals surface area contributed by atoms with Crippen LogP contribution in [0.25, 0.3) is 11.4 Å². The third-order valence-electron chi connectivity index (χ3n) is 5.25. The molecule has 0 unspecified atom stereocenters. The van der Waals surface area contributed by atoms with Gasteiger partial charge in [-0.1, -0.05) is 35.9 Å². The van der Waals surface area contributed by atoms with Crippen molar-refractivity contribution in [2.45, 2.75) is 19.6 Å². The van der Waals surface area contributed by atoms with E-state index >= 15 is 0 Å². The Morgan fingerprint density at radius 2 is 1.84 bits per heavy atom. The van der Waals surface area contributed by atoms with Gasteiger partial charge in [0.1, 0.15) is 6.54 Å². The normalized spacial score (nSPS) is 14.5. The molecule has 3 aromatic rings. The lowest BCUT2D eigenvalue weighted by Gasteiger charge is -2.27. The smallest absolute Gasteiger partial charge is 0.240 e. The molecule has 162 valence electrons. The Morgan fingerprint density at radius 3 is 2.58 bits per heavy atom. The van der Waals surface area contributed by atoms with E-state index in [1.165, 1.54) is 5.56 Å². The Hall–Kier alpha value is -2.52. The number of carbonyl (C=O) groups excluding carboxylic acids is 1. The van der Waals surface area contributed by atoms with Crippen molar-refractivity contribution in [1.29, 1.82) is 0 Å². The Morgan fingerprint density at radius 1 is 1.13 bits per heavy atom. The van der Waals surface area contributed by atoms with Crippen molar-refractivity contribution in [2.24, 2.45) is 0 Å². The molecule has 0 radical (unpaired) electrons. The van der Waals surface area contributed by atoms with E-state index in [0.29, 0.717) is 22.2 Å². The number of rotatable bonds is 7. The number of nitrogens with zero attached hydrogens (tertiary/aromatic N) is 3. The molecule has 0 bridgehead atoms. The van der Waals surface area contributed by atoms with Crippen molar-refractivity contribution >= 4 is 29.7 Å². The van der Waals surface area contributed by atoms with Crippen LogP contribution in [0.5, 0.6) is 0 Å². The summed E-state index contributed by atoms with van der Waals surface area (Å²) in [5, 5.41) is 10.7. The Bertz CT molecular complexity index is 1090. The zero-order valence-corrected chi connectivity index (χ0v) is 18.6. The number of aromatic nitrogens is 3. The van der Waals surface area contributed by atoms with Crippen LogP contribution in [0.2, 0.25) is 5.02 Å². The van der Waals surface area contributed by atoms with E-state index in [2.05, 4.69) is 32.5 Å². The van der Waals surface area contributed by atoms with Crippen LogP contribution in [0.1, 0.15) is 11.1 Å². The van der Waals surface area contributed by atoms with Gasteiger partial charge in [-0.25, -0.2) is 0 Å². The lowest BCUT2D eigenvalue weighted by Crippen LogP contribution is -2.36. The SMILES string of the molecule is O=C(Cn1c(-c2ccc(Cl)cc2)n[nH]c1=S)NCc1ccccc1CN1CCOCC1. The van der Waals surface area contributed by atoms with Gasteiger partial charge in [0.15, 0.2) is 10.6 Å². The highest BCUT2D eigenvalue weighted by atomic mass is 35.5. The van der Waals surface area contributed by atoms with Crippen molar-refractivity contribution in [3.05, 3.63) is 69.5 Å². The van der Waals surface area contributed by atoms with Gasteiger partial charge in [-0.2, -0.15) is 5.10 Å². The highest BCUT2D eigenvalue weighted by molar-refractivity contribution is 7.71. The van der Waals surface area contributed by atoms with Crippen LogP contribution in [0, 0.1) is 4.77 Å². The molecule has 1 aliphatic heterocycles. The second kappa shape index (κ2) is 10.2. The number of benzene rings is 2. The second-order valence-corrected chi connectivity index (χ2v) is 8.20. The Kier molecular flexibility index (Phi) is 7.14. The molecule has 9 heteroatoms. The Balaban J connectivity index is 1.41. The molecule has 1 aromatic heterocycles. The first-order valence-electron chi connectivity index (χ1n) is 10.1. The fraction of sp³-hybridized carbons (Fsp3) is 0.318.